The number of aromatic hydroxyl groups is 2. The van der Waals surface area contributed by atoms with Gasteiger partial charge in [-0.15, -0.1) is 0 Å². The summed E-state index contributed by atoms with van der Waals surface area (Å²) in [7, 11) is 0. The van der Waals surface area contributed by atoms with Gasteiger partial charge in [0.15, 0.2) is 0 Å². The fraction of sp³-hybridized carbons (Fsp3) is 0.111. The van der Waals surface area contributed by atoms with Gasteiger partial charge in [0.25, 0.3) is 0 Å². The van der Waals surface area contributed by atoms with Crippen molar-refractivity contribution < 1.29 is 10.2 Å². The van der Waals surface area contributed by atoms with Crippen molar-refractivity contribution in [2.45, 2.75) is 25.7 Å². The zero-order valence-corrected chi connectivity index (χ0v) is 21.3. The summed E-state index contributed by atoms with van der Waals surface area (Å²) in [4.78, 5) is 0. The highest BCUT2D eigenvalue weighted by atomic mass is 16.3. The summed E-state index contributed by atoms with van der Waals surface area (Å²) in [6.45, 7) is 0. The molecule has 0 radical (unpaired) electrons. The van der Waals surface area contributed by atoms with E-state index in [1.54, 1.807) is 12.1 Å². The van der Waals surface area contributed by atoms with Crippen molar-refractivity contribution in [1.29, 1.82) is 0 Å². The molecule has 6 aromatic carbocycles. The summed E-state index contributed by atoms with van der Waals surface area (Å²) in [6.07, 6.45) is 3.85. The zero-order chi connectivity index (χ0) is 25.9. The molecule has 0 heterocycles. The van der Waals surface area contributed by atoms with Crippen LogP contribution in [-0.2, 0) is 25.7 Å². The van der Waals surface area contributed by atoms with Gasteiger partial charge in [-0.2, -0.15) is 0 Å². The maximum Gasteiger partial charge on any atom is 0.124 e. The van der Waals surface area contributed by atoms with E-state index < -0.39 is 0 Å². The predicted octanol–water partition coefficient (Wildman–Crippen LogP) is 8.64. The fourth-order valence-corrected chi connectivity index (χ4v) is 5.44. The second kappa shape index (κ2) is 10.4. The molecule has 0 bridgehead atoms. The van der Waals surface area contributed by atoms with Gasteiger partial charge in [-0.05, 0) is 81.6 Å². The summed E-state index contributed by atoms with van der Waals surface area (Å²) in [5.41, 5.74) is 6.51. The highest BCUT2D eigenvalue weighted by Crippen LogP contribution is 2.44. The third-order valence-corrected chi connectivity index (χ3v) is 7.46. The molecule has 6 rings (SSSR count). The molecule has 0 saturated heterocycles. The second-order valence-electron chi connectivity index (χ2n) is 10.0. The van der Waals surface area contributed by atoms with Crippen LogP contribution in [0.1, 0.15) is 22.3 Å². The van der Waals surface area contributed by atoms with Crippen molar-refractivity contribution in [3.8, 4) is 22.6 Å². The first-order valence-electron chi connectivity index (χ1n) is 13.2. The van der Waals surface area contributed by atoms with E-state index >= 15 is 0 Å². The Morgan fingerprint density at radius 3 is 1.18 bits per heavy atom. The van der Waals surface area contributed by atoms with Crippen LogP contribution >= 0.6 is 0 Å². The van der Waals surface area contributed by atoms with Crippen molar-refractivity contribution in [2.24, 2.45) is 0 Å². The van der Waals surface area contributed by atoms with Gasteiger partial charge in [0.2, 0.25) is 0 Å². The quantitative estimate of drug-likeness (QED) is 0.233. The molecule has 0 aliphatic rings. The first kappa shape index (κ1) is 23.8. The Balaban J connectivity index is 1.36. The third kappa shape index (κ3) is 4.86. The molecule has 38 heavy (non-hydrogen) atoms. The third-order valence-electron chi connectivity index (χ3n) is 7.46. The van der Waals surface area contributed by atoms with E-state index in [0.717, 1.165) is 47.2 Å². The molecule has 0 atom stereocenters. The summed E-state index contributed by atoms with van der Waals surface area (Å²) < 4.78 is 0. The van der Waals surface area contributed by atoms with E-state index in [2.05, 4.69) is 84.9 Å². The van der Waals surface area contributed by atoms with E-state index in [-0.39, 0.29) is 11.5 Å². The molecule has 0 aliphatic heterocycles. The molecule has 0 aliphatic carbocycles. The molecule has 0 saturated carbocycles. The first-order chi connectivity index (χ1) is 18.7. The number of phenols is 2. The summed E-state index contributed by atoms with van der Waals surface area (Å²) in [5.74, 6) is 0.343. The molecule has 0 amide bonds. The Labute approximate surface area is 223 Å². The molecule has 6 aromatic rings. The average molecular weight is 495 g/mol. The molecule has 2 N–H and O–H groups in total. The number of rotatable bonds is 7. The summed E-state index contributed by atoms with van der Waals surface area (Å²) >= 11 is 0. The molecule has 0 fully saturated rings. The Kier molecular flexibility index (Phi) is 6.54. The minimum absolute atomic E-state index is 0.172. The largest absolute Gasteiger partial charge is 0.507 e. The van der Waals surface area contributed by atoms with Gasteiger partial charge in [-0.3, -0.25) is 0 Å². The topological polar surface area (TPSA) is 40.5 Å². The lowest BCUT2D eigenvalue weighted by molar-refractivity contribution is 0.470. The van der Waals surface area contributed by atoms with Crippen LogP contribution in [0.15, 0.2) is 121 Å². The van der Waals surface area contributed by atoms with Gasteiger partial charge in [0.1, 0.15) is 11.5 Å². The molecular formula is C36H30O2. The van der Waals surface area contributed by atoms with Crippen molar-refractivity contribution in [1.82, 2.24) is 0 Å². The molecule has 186 valence electrons. The predicted molar refractivity (Wildman–Crippen MR) is 158 cm³/mol. The highest BCUT2D eigenvalue weighted by molar-refractivity contribution is 6.09. The standard InChI is InChI=1S/C36H30O2/c37-33-21-17-29-23-27(13-11-25-7-3-1-4-8-25)15-19-31(29)35(33)36-32-20-16-28(24-30(32)18-22-34(36)38)14-12-26-9-5-2-6-10-26/h1-10,15-24,37-38H,11-14H2. The number of fused-ring (bicyclic) bond motifs is 2. The Morgan fingerprint density at radius 2 is 0.763 bits per heavy atom. The SMILES string of the molecule is Oc1ccc2cc(CCc3ccccc3)ccc2c1-c1c(O)ccc2cc(CCc3ccccc3)ccc12. The number of aryl methyl sites for hydroxylation is 4. The van der Waals surface area contributed by atoms with Crippen LogP contribution in [0.2, 0.25) is 0 Å². The van der Waals surface area contributed by atoms with Crippen LogP contribution in [0.5, 0.6) is 11.5 Å². The lowest BCUT2D eigenvalue weighted by Crippen LogP contribution is -1.93. The number of phenolic OH excluding ortho intramolecular Hbond substituents is 2. The zero-order valence-electron chi connectivity index (χ0n) is 21.3. The Morgan fingerprint density at radius 1 is 0.368 bits per heavy atom. The molecular weight excluding hydrogens is 464 g/mol. The maximum absolute atomic E-state index is 11.0. The minimum Gasteiger partial charge on any atom is -0.507 e. The van der Waals surface area contributed by atoms with Gasteiger partial charge in [0.05, 0.1) is 0 Å². The number of benzene rings is 6. The monoisotopic (exact) mass is 494 g/mol. The van der Waals surface area contributed by atoms with Crippen molar-refractivity contribution in [3.05, 3.63) is 144 Å². The summed E-state index contributed by atoms with van der Waals surface area (Å²) in [5, 5.41) is 26.0. The van der Waals surface area contributed by atoms with Gasteiger partial charge in [0, 0.05) is 11.1 Å². The van der Waals surface area contributed by atoms with Crippen LogP contribution in [-0.4, -0.2) is 10.2 Å². The maximum atomic E-state index is 11.0. The van der Waals surface area contributed by atoms with Crippen LogP contribution in [0, 0.1) is 0 Å². The summed E-state index contributed by atoms with van der Waals surface area (Å²) in [6, 6.07) is 41.3. The van der Waals surface area contributed by atoms with E-state index in [9.17, 15) is 10.2 Å². The van der Waals surface area contributed by atoms with E-state index in [4.69, 9.17) is 0 Å². The Bertz CT molecular complexity index is 1590. The van der Waals surface area contributed by atoms with Gasteiger partial charge < -0.3 is 10.2 Å². The molecule has 0 spiro atoms. The van der Waals surface area contributed by atoms with E-state index in [1.807, 2.05) is 24.3 Å². The molecule has 2 nitrogen and oxygen atoms in total. The van der Waals surface area contributed by atoms with Crippen LogP contribution in [0.25, 0.3) is 32.7 Å². The van der Waals surface area contributed by atoms with Gasteiger partial charge in [-0.25, -0.2) is 0 Å². The second-order valence-corrected chi connectivity index (χ2v) is 10.0. The molecule has 2 heteroatoms. The Hall–Kier alpha value is -4.56. The van der Waals surface area contributed by atoms with Crippen LogP contribution < -0.4 is 0 Å². The molecule has 0 aromatic heterocycles. The smallest absolute Gasteiger partial charge is 0.124 e. The lowest BCUT2D eigenvalue weighted by Gasteiger charge is -2.15. The fourth-order valence-electron chi connectivity index (χ4n) is 5.44. The first-order valence-corrected chi connectivity index (χ1v) is 13.2. The normalized spacial score (nSPS) is 11.3. The van der Waals surface area contributed by atoms with Crippen molar-refractivity contribution in [3.63, 3.8) is 0 Å². The van der Waals surface area contributed by atoms with E-state index in [0.29, 0.717) is 11.1 Å². The average Bonchev–Trinajstić information content (AvgIpc) is 2.96. The van der Waals surface area contributed by atoms with Gasteiger partial charge >= 0.3 is 0 Å². The van der Waals surface area contributed by atoms with Crippen LogP contribution in [0.4, 0.5) is 0 Å². The van der Waals surface area contributed by atoms with Crippen LogP contribution in [0.3, 0.4) is 0 Å². The van der Waals surface area contributed by atoms with Crippen molar-refractivity contribution in [2.75, 3.05) is 0 Å². The molecule has 0 unspecified atom stereocenters. The van der Waals surface area contributed by atoms with Crippen molar-refractivity contribution >= 4 is 21.5 Å². The number of hydrogen-bond acceptors (Lipinski definition) is 2. The highest BCUT2D eigenvalue weighted by Gasteiger charge is 2.17. The van der Waals surface area contributed by atoms with Gasteiger partial charge in [-0.1, -0.05) is 109 Å². The number of hydrogen-bond donors (Lipinski definition) is 2. The van der Waals surface area contributed by atoms with E-state index in [1.165, 1.54) is 22.3 Å². The minimum atomic E-state index is 0.172. The lowest BCUT2D eigenvalue weighted by atomic mass is 9.90.